The van der Waals surface area contributed by atoms with Gasteiger partial charge >= 0.3 is 0 Å². The minimum absolute atomic E-state index is 0.0250. The molecule has 0 spiro atoms. The van der Waals surface area contributed by atoms with Crippen LogP contribution in [-0.2, 0) is 4.79 Å². The number of thiophene rings is 1. The summed E-state index contributed by atoms with van der Waals surface area (Å²) < 4.78 is 19.6. The van der Waals surface area contributed by atoms with Crippen molar-refractivity contribution in [3.05, 3.63) is 65.3 Å². The second kappa shape index (κ2) is 7.42. The van der Waals surface area contributed by atoms with Gasteiger partial charge in [0.05, 0.1) is 6.10 Å². The van der Waals surface area contributed by atoms with Gasteiger partial charge in [-0.25, -0.2) is 4.39 Å². The van der Waals surface area contributed by atoms with Gasteiger partial charge in [0.1, 0.15) is 0 Å². The number of fused-ring (bicyclic) bond motifs is 1. The van der Waals surface area contributed by atoms with E-state index in [1.807, 2.05) is 29.6 Å². The van der Waals surface area contributed by atoms with Crippen molar-refractivity contribution in [3.8, 4) is 5.75 Å². The molecule has 0 radical (unpaired) electrons. The van der Waals surface area contributed by atoms with Crippen molar-refractivity contribution in [2.75, 3.05) is 13.2 Å². The zero-order valence-electron chi connectivity index (χ0n) is 12.7. The van der Waals surface area contributed by atoms with Gasteiger partial charge in [-0.3, -0.25) is 4.79 Å². The van der Waals surface area contributed by atoms with Gasteiger partial charge in [-0.1, -0.05) is 30.3 Å². The third kappa shape index (κ3) is 3.72. The van der Waals surface area contributed by atoms with Crippen LogP contribution in [0, 0.1) is 5.82 Å². The summed E-state index contributed by atoms with van der Waals surface area (Å²) >= 11 is 1.55. The predicted molar refractivity (Wildman–Crippen MR) is 91.7 cm³/mol. The lowest BCUT2D eigenvalue weighted by molar-refractivity contribution is -0.123. The third-order valence-electron chi connectivity index (χ3n) is 3.56. The number of aliphatic hydroxyl groups is 1. The van der Waals surface area contributed by atoms with Crippen molar-refractivity contribution >= 4 is 27.3 Å². The fraction of sp³-hybridized carbons (Fsp3) is 0.167. The van der Waals surface area contributed by atoms with E-state index in [2.05, 4.69) is 5.32 Å². The average Bonchev–Trinajstić information content (AvgIpc) is 3.03. The first-order valence-electron chi connectivity index (χ1n) is 7.43. The van der Waals surface area contributed by atoms with E-state index < -0.39 is 17.8 Å². The summed E-state index contributed by atoms with van der Waals surface area (Å²) in [6.07, 6.45) is -0.807. The molecule has 6 heteroatoms. The highest BCUT2D eigenvalue weighted by atomic mass is 32.1. The Bertz CT molecular complexity index is 849. The first kappa shape index (κ1) is 16.4. The Kier molecular flexibility index (Phi) is 5.08. The molecule has 2 aromatic carbocycles. The predicted octanol–water partition coefficient (Wildman–Crippen LogP) is 3.27. The minimum Gasteiger partial charge on any atom is -0.481 e. The maximum absolute atomic E-state index is 13.4. The van der Waals surface area contributed by atoms with E-state index in [-0.39, 0.29) is 18.9 Å². The number of aliphatic hydroxyl groups excluding tert-OH is 1. The highest BCUT2D eigenvalue weighted by Crippen LogP contribution is 2.29. The lowest BCUT2D eigenvalue weighted by Gasteiger charge is -2.12. The first-order chi connectivity index (χ1) is 11.6. The highest BCUT2D eigenvalue weighted by molar-refractivity contribution is 7.17. The molecule has 0 aliphatic rings. The number of benzene rings is 2. The van der Waals surface area contributed by atoms with Crippen LogP contribution in [0.25, 0.3) is 10.1 Å². The number of amides is 1. The van der Waals surface area contributed by atoms with Crippen LogP contribution < -0.4 is 10.1 Å². The first-order valence-corrected chi connectivity index (χ1v) is 8.31. The van der Waals surface area contributed by atoms with Gasteiger partial charge in [-0.2, -0.15) is 0 Å². The Morgan fingerprint density at radius 3 is 2.79 bits per heavy atom. The molecule has 0 saturated heterocycles. The Morgan fingerprint density at radius 2 is 1.96 bits per heavy atom. The Balaban J connectivity index is 1.53. The molecule has 1 aromatic heterocycles. The van der Waals surface area contributed by atoms with Crippen molar-refractivity contribution in [3.63, 3.8) is 0 Å². The molecule has 0 fully saturated rings. The van der Waals surface area contributed by atoms with Crippen LogP contribution in [0.5, 0.6) is 5.75 Å². The molecule has 3 aromatic rings. The maximum Gasteiger partial charge on any atom is 0.258 e. The molecule has 1 atom stereocenters. The monoisotopic (exact) mass is 345 g/mol. The quantitative estimate of drug-likeness (QED) is 0.721. The fourth-order valence-electron chi connectivity index (χ4n) is 2.33. The van der Waals surface area contributed by atoms with Crippen LogP contribution in [0.1, 0.15) is 11.7 Å². The van der Waals surface area contributed by atoms with Crippen molar-refractivity contribution in [1.29, 1.82) is 0 Å². The SMILES string of the molecule is O=C(COc1ccccc1F)NC[C@@H](O)c1csc2ccccc12. The molecule has 24 heavy (non-hydrogen) atoms. The number of para-hydroxylation sites is 1. The number of rotatable bonds is 6. The van der Waals surface area contributed by atoms with Crippen LogP contribution in [0.3, 0.4) is 0 Å². The highest BCUT2D eigenvalue weighted by Gasteiger charge is 2.14. The molecule has 0 bridgehead atoms. The normalized spacial score (nSPS) is 12.1. The summed E-state index contributed by atoms with van der Waals surface area (Å²) in [6, 6.07) is 13.7. The molecule has 1 amide bonds. The van der Waals surface area contributed by atoms with Gasteiger partial charge in [0.25, 0.3) is 5.91 Å². The summed E-state index contributed by atoms with van der Waals surface area (Å²) in [5, 5.41) is 15.7. The average molecular weight is 345 g/mol. The standard InChI is InChI=1S/C18H16FNO3S/c19-14-6-2-3-7-16(14)23-10-18(22)20-9-15(21)13-11-24-17-8-4-1-5-12(13)17/h1-8,11,15,21H,9-10H2,(H,20,22)/t15-/m1/s1. The van der Waals surface area contributed by atoms with Crippen LogP contribution in [0.4, 0.5) is 4.39 Å². The lowest BCUT2D eigenvalue weighted by atomic mass is 10.1. The number of hydrogen-bond donors (Lipinski definition) is 2. The third-order valence-corrected chi connectivity index (χ3v) is 4.54. The van der Waals surface area contributed by atoms with Crippen molar-refractivity contribution in [2.45, 2.75) is 6.10 Å². The number of carbonyl (C=O) groups excluding carboxylic acids is 1. The van der Waals surface area contributed by atoms with E-state index >= 15 is 0 Å². The molecule has 0 unspecified atom stereocenters. The maximum atomic E-state index is 13.4. The molecule has 2 N–H and O–H groups in total. The van der Waals surface area contributed by atoms with Crippen LogP contribution in [-0.4, -0.2) is 24.2 Å². The number of ether oxygens (including phenoxy) is 1. The molecular weight excluding hydrogens is 329 g/mol. The van der Waals surface area contributed by atoms with E-state index in [1.165, 1.54) is 12.1 Å². The molecule has 0 aliphatic heterocycles. The summed E-state index contributed by atoms with van der Waals surface area (Å²) in [6.45, 7) is -0.238. The Hall–Kier alpha value is -2.44. The molecule has 4 nitrogen and oxygen atoms in total. The molecule has 0 saturated carbocycles. The van der Waals surface area contributed by atoms with Gasteiger partial charge in [0.15, 0.2) is 18.2 Å². The summed E-state index contributed by atoms with van der Waals surface area (Å²) in [7, 11) is 0. The second-order valence-electron chi connectivity index (χ2n) is 5.23. The summed E-state index contributed by atoms with van der Waals surface area (Å²) in [5.41, 5.74) is 0.783. The van der Waals surface area contributed by atoms with E-state index in [1.54, 1.807) is 23.5 Å². The van der Waals surface area contributed by atoms with Gasteiger partial charge in [-0.05, 0) is 29.0 Å². The lowest BCUT2D eigenvalue weighted by Crippen LogP contribution is -2.32. The number of halogens is 1. The Morgan fingerprint density at radius 1 is 1.21 bits per heavy atom. The van der Waals surface area contributed by atoms with Crippen LogP contribution in [0.15, 0.2) is 53.9 Å². The van der Waals surface area contributed by atoms with E-state index in [0.717, 1.165) is 15.6 Å². The van der Waals surface area contributed by atoms with Crippen molar-refractivity contribution in [2.24, 2.45) is 0 Å². The van der Waals surface area contributed by atoms with Gasteiger partial charge < -0.3 is 15.2 Å². The molecule has 1 heterocycles. The van der Waals surface area contributed by atoms with Crippen LogP contribution in [0.2, 0.25) is 0 Å². The van der Waals surface area contributed by atoms with Crippen molar-refractivity contribution in [1.82, 2.24) is 5.32 Å². The van der Waals surface area contributed by atoms with E-state index in [4.69, 9.17) is 4.74 Å². The van der Waals surface area contributed by atoms with Gasteiger partial charge in [0, 0.05) is 16.8 Å². The summed E-state index contributed by atoms with van der Waals surface area (Å²) in [5.74, 6) is -0.913. The smallest absolute Gasteiger partial charge is 0.258 e. The van der Waals surface area contributed by atoms with E-state index in [0.29, 0.717) is 0 Å². The number of carbonyl (C=O) groups is 1. The zero-order valence-corrected chi connectivity index (χ0v) is 13.6. The second-order valence-corrected chi connectivity index (χ2v) is 6.14. The number of hydrogen-bond acceptors (Lipinski definition) is 4. The fourth-order valence-corrected chi connectivity index (χ4v) is 3.34. The molecular formula is C18H16FNO3S. The molecule has 3 rings (SSSR count). The van der Waals surface area contributed by atoms with Crippen LogP contribution >= 0.6 is 11.3 Å². The number of nitrogens with one attached hydrogen (secondary N) is 1. The molecule has 124 valence electrons. The van der Waals surface area contributed by atoms with Gasteiger partial charge in [-0.15, -0.1) is 11.3 Å². The zero-order chi connectivity index (χ0) is 16.9. The largest absolute Gasteiger partial charge is 0.481 e. The topological polar surface area (TPSA) is 58.6 Å². The Labute approximate surface area is 142 Å². The van der Waals surface area contributed by atoms with Crippen molar-refractivity contribution < 1.29 is 19.0 Å². The van der Waals surface area contributed by atoms with Gasteiger partial charge in [0.2, 0.25) is 0 Å². The van der Waals surface area contributed by atoms with E-state index in [9.17, 15) is 14.3 Å². The molecule has 0 aliphatic carbocycles. The minimum atomic E-state index is -0.807. The summed E-state index contributed by atoms with van der Waals surface area (Å²) in [4.78, 5) is 11.8.